The van der Waals surface area contributed by atoms with Crippen molar-refractivity contribution in [2.45, 2.75) is 26.8 Å². The van der Waals surface area contributed by atoms with Crippen molar-refractivity contribution in [1.82, 2.24) is 9.55 Å². The number of nitrogen functional groups attached to an aromatic ring is 1. The van der Waals surface area contributed by atoms with Gasteiger partial charge in [-0.15, -0.1) is 0 Å². The van der Waals surface area contributed by atoms with Crippen molar-refractivity contribution in [3.05, 3.63) is 11.5 Å². The Morgan fingerprint density at radius 1 is 1.39 bits per heavy atom. The number of nitrogens with zero attached hydrogens (tertiary/aromatic N) is 2. The Morgan fingerprint density at radius 3 is 2.33 bits per heavy atom. The van der Waals surface area contributed by atoms with Gasteiger partial charge in [0.15, 0.2) is 5.69 Å². The van der Waals surface area contributed by atoms with Crippen molar-refractivity contribution >= 4 is 17.7 Å². The van der Waals surface area contributed by atoms with Crippen LogP contribution in [0.1, 0.15) is 36.2 Å². The molecule has 0 fully saturated rings. The standard InChI is InChI=1S/C11H18N4O3/c1-5(2)8(10(13)16)15-6(3)14-7(9(15)12)11(17)18-4/h5,8H,12H2,1-4H3,(H2,13,16). The highest BCUT2D eigenvalue weighted by atomic mass is 16.5. The predicted molar refractivity (Wildman–Crippen MR) is 65.8 cm³/mol. The first-order chi connectivity index (χ1) is 8.31. The first-order valence-electron chi connectivity index (χ1n) is 5.53. The van der Waals surface area contributed by atoms with E-state index in [4.69, 9.17) is 11.5 Å². The molecule has 7 nitrogen and oxygen atoms in total. The molecule has 1 amide bonds. The van der Waals surface area contributed by atoms with Crippen LogP contribution in [0.5, 0.6) is 0 Å². The largest absolute Gasteiger partial charge is 0.464 e. The Labute approximate surface area is 105 Å². The van der Waals surface area contributed by atoms with Crippen LogP contribution < -0.4 is 11.5 Å². The fraction of sp³-hybridized carbons (Fsp3) is 0.545. The molecule has 4 N–H and O–H groups in total. The fourth-order valence-electron chi connectivity index (χ4n) is 1.91. The second-order valence-corrected chi connectivity index (χ2v) is 4.35. The molecule has 1 unspecified atom stereocenters. The van der Waals surface area contributed by atoms with Crippen LogP contribution >= 0.6 is 0 Å². The molecule has 0 radical (unpaired) electrons. The zero-order valence-corrected chi connectivity index (χ0v) is 10.9. The molecule has 1 aromatic heterocycles. The molecule has 18 heavy (non-hydrogen) atoms. The summed E-state index contributed by atoms with van der Waals surface area (Å²) in [5.41, 5.74) is 11.2. The van der Waals surface area contributed by atoms with Gasteiger partial charge in [0.25, 0.3) is 0 Å². The smallest absolute Gasteiger partial charge is 0.360 e. The van der Waals surface area contributed by atoms with Gasteiger partial charge in [-0.05, 0) is 12.8 Å². The third kappa shape index (κ3) is 2.29. The van der Waals surface area contributed by atoms with Gasteiger partial charge in [0, 0.05) is 0 Å². The number of aryl methyl sites for hydroxylation is 1. The van der Waals surface area contributed by atoms with E-state index in [1.165, 1.54) is 11.7 Å². The van der Waals surface area contributed by atoms with Crippen molar-refractivity contribution in [2.75, 3.05) is 12.8 Å². The second-order valence-electron chi connectivity index (χ2n) is 4.35. The molecule has 0 bridgehead atoms. The summed E-state index contributed by atoms with van der Waals surface area (Å²) in [6.07, 6.45) is 0. The maximum Gasteiger partial charge on any atom is 0.360 e. The highest BCUT2D eigenvalue weighted by Crippen LogP contribution is 2.25. The molecule has 0 aliphatic heterocycles. The summed E-state index contributed by atoms with van der Waals surface area (Å²) < 4.78 is 6.05. The molecule has 7 heteroatoms. The monoisotopic (exact) mass is 254 g/mol. The van der Waals surface area contributed by atoms with Crippen LogP contribution in [0.4, 0.5) is 5.82 Å². The minimum atomic E-state index is -0.643. The molecule has 0 aromatic carbocycles. The third-order valence-corrected chi connectivity index (χ3v) is 2.70. The van der Waals surface area contributed by atoms with Crippen LogP contribution in [-0.2, 0) is 9.53 Å². The van der Waals surface area contributed by atoms with E-state index in [2.05, 4.69) is 9.72 Å². The van der Waals surface area contributed by atoms with Crippen LogP contribution in [0.2, 0.25) is 0 Å². The summed E-state index contributed by atoms with van der Waals surface area (Å²) in [5, 5.41) is 0. The number of methoxy groups -OCH3 is 1. The van der Waals surface area contributed by atoms with Crippen molar-refractivity contribution in [2.24, 2.45) is 11.7 Å². The topological polar surface area (TPSA) is 113 Å². The van der Waals surface area contributed by atoms with E-state index in [1.807, 2.05) is 13.8 Å². The Kier molecular flexibility index (Phi) is 3.95. The lowest BCUT2D eigenvalue weighted by atomic mass is 10.0. The van der Waals surface area contributed by atoms with Crippen molar-refractivity contribution in [1.29, 1.82) is 0 Å². The fourth-order valence-corrected chi connectivity index (χ4v) is 1.91. The second kappa shape index (κ2) is 5.07. The summed E-state index contributed by atoms with van der Waals surface area (Å²) in [5.74, 6) is -0.680. The minimum absolute atomic E-state index is 0.00176. The molecular weight excluding hydrogens is 236 g/mol. The van der Waals surface area contributed by atoms with Gasteiger partial charge in [-0.25, -0.2) is 9.78 Å². The lowest BCUT2D eigenvalue weighted by molar-refractivity contribution is -0.122. The van der Waals surface area contributed by atoms with Crippen LogP contribution in [0.3, 0.4) is 0 Å². The predicted octanol–water partition coefficient (Wildman–Crippen LogP) is 0.243. The molecule has 0 saturated heterocycles. The van der Waals surface area contributed by atoms with Crippen molar-refractivity contribution < 1.29 is 14.3 Å². The maximum absolute atomic E-state index is 11.5. The van der Waals surface area contributed by atoms with Gasteiger partial charge in [0.1, 0.15) is 17.7 Å². The number of nitrogens with two attached hydrogens (primary N) is 2. The number of amides is 1. The number of carbonyl (C=O) groups is 2. The molecule has 100 valence electrons. The third-order valence-electron chi connectivity index (χ3n) is 2.70. The number of aromatic nitrogens is 2. The van der Waals surface area contributed by atoms with Gasteiger partial charge in [-0.1, -0.05) is 13.8 Å². The number of rotatable bonds is 4. The lowest BCUT2D eigenvalue weighted by Gasteiger charge is -2.21. The van der Waals surface area contributed by atoms with Crippen LogP contribution in [-0.4, -0.2) is 28.5 Å². The van der Waals surface area contributed by atoms with Crippen molar-refractivity contribution in [3.8, 4) is 0 Å². The molecule has 0 spiro atoms. The highest BCUT2D eigenvalue weighted by molar-refractivity contribution is 5.92. The van der Waals surface area contributed by atoms with E-state index in [0.29, 0.717) is 5.82 Å². The van der Waals surface area contributed by atoms with Gasteiger partial charge >= 0.3 is 5.97 Å². The SMILES string of the molecule is COC(=O)c1nc(C)n(C(C(N)=O)C(C)C)c1N. The Bertz CT molecular complexity index is 479. The zero-order valence-electron chi connectivity index (χ0n) is 10.9. The number of ether oxygens (including phenoxy) is 1. The Morgan fingerprint density at radius 2 is 1.94 bits per heavy atom. The number of hydrogen-bond donors (Lipinski definition) is 2. The van der Waals surface area contributed by atoms with Gasteiger partial charge < -0.3 is 20.8 Å². The lowest BCUT2D eigenvalue weighted by Crippen LogP contribution is -2.32. The number of carbonyl (C=O) groups excluding carboxylic acids is 2. The normalized spacial score (nSPS) is 12.5. The number of primary amides is 1. The maximum atomic E-state index is 11.5. The Hall–Kier alpha value is -2.05. The molecular formula is C11H18N4O3. The van der Waals surface area contributed by atoms with Gasteiger partial charge in [-0.2, -0.15) is 0 Å². The molecule has 0 saturated carbocycles. The quantitative estimate of drug-likeness (QED) is 0.747. The first-order valence-corrected chi connectivity index (χ1v) is 5.53. The average Bonchev–Trinajstić information content (AvgIpc) is 2.55. The van der Waals surface area contributed by atoms with E-state index >= 15 is 0 Å². The summed E-state index contributed by atoms with van der Waals surface area (Å²) >= 11 is 0. The molecule has 1 atom stereocenters. The molecule has 1 rings (SSSR count). The molecule has 1 heterocycles. The number of esters is 1. The average molecular weight is 254 g/mol. The first kappa shape index (κ1) is 14.0. The van der Waals surface area contributed by atoms with Gasteiger partial charge in [-0.3, -0.25) is 4.79 Å². The van der Waals surface area contributed by atoms with E-state index < -0.39 is 17.9 Å². The van der Waals surface area contributed by atoms with E-state index in [1.54, 1.807) is 6.92 Å². The van der Waals surface area contributed by atoms with E-state index in [9.17, 15) is 9.59 Å². The minimum Gasteiger partial charge on any atom is -0.464 e. The van der Waals surface area contributed by atoms with E-state index in [-0.39, 0.29) is 17.4 Å². The summed E-state index contributed by atoms with van der Waals surface area (Å²) in [7, 11) is 1.24. The Balaban J connectivity index is 3.37. The van der Waals surface area contributed by atoms with E-state index in [0.717, 1.165) is 0 Å². The van der Waals surface area contributed by atoms with Crippen LogP contribution in [0, 0.1) is 12.8 Å². The molecule has 1 aromatic rings. The van der Waals surface area contributed by atoms with Gasteiger partial charge in [0.05, 0.1) is 7.11 Å². The zero-order chi connectivity index (χ0) is 14.0. The number of hydrogen-bond acceptors (Lipinski definition) is 5. The van der Waals surface area contributed by atoms with Crippen molar-refractivity contribution in [3.63, 3.8) is 0 Å². The number of imidazole rings is 1. The van der Waals surface area contributed by atoms with Crippen LogP contribution in [0.25, 0.3) is 0 Å². The molecule has 0 aliphatic carbocycles. The van der Waals surface area contributed by atoms with Crippen LogP contribution in [0.15, 0.2) is 0 Å². The summed E-state index contributed by atoms with van der Waals surface area (Å²) in [4.78, 5) is 27.0. The highest BCUT2D eigenvalue weighted by Gasteiger charge is 2.29. The summed E-state index contributed by atoms with van der Waals surface area (Å²) in [6, 6.07) is -0.643. The summed E-state index contributed by atoms with van der Waals surface area (Å²) in [6.45, 7) is 5.33. The number of anilines is 1. The van der Waals surface area contributed by atoms with Gasteiger partial charge in [0.2, 0.25) is 5.91 Å². The molecule has 0 aliphatic rings.